The molecule has 1 unspecified atom stereocenters. The number of thioether (sulfide) groups is 1. The molecule has 5 aromatic rings. The van der Waals surface area contributed by atoms with Gasteiger partial charge in [0.1, 0.15) is 16.8 Å². The molecule has 10 heteroatoms. The van der Waals surface area contributed by atoms with E-state index in [4.69, 9.17) is 11.6 Å². The van der Waals surface area contributed by atoms with Crippen LogP contribution in [0.2, 0.25) is 5.02 Å². The summed E-state index contributed by atoms with van der Waals surface area (Å²) >= 11 is 10.9. The summed E-state index contributed by atoms with van der Waals surface area (Å²) in [6.45, 7) is 0. The van der Waals surface area contributed by atoms with E-state index in [1.807, 2.05) is 48.5 Å². The van der Waals surface area contributed by atoms with Crippen molar-refractivity contribution in [2.75, 3.05) is 10.6 Å². The molecule has 5 rings (SSSR count). The molecule has 0 saturated heterocycles. The Kier molecular flexibility index (Phi) is 11.0. The monoisotopic (exact) mass is 713 g/mol. The van der Waals surface area contributed by atoms with Crippen molar-refractivity contribution in [1.82, 2.24) is 5.32 Å². The van der Waals surface area contributed by atoms with Crippen LogP contribution < -0.4 is 16.0 Å². The zero-order valence-electron chi connectivity index (χ0n) is 24.0. The van der Waals surface area contributed by atoms with Crippen molar-refractivity contribution in [3.63, 3.8) is 0 Å². The molecule has 0 aliphatic heterocycles. The van der Waals surface area contributed by atoms with Gasteiger partial charge in [-0.3, -0.25) is 14.4 Å². The van der Waals surface area contributed by atoms with Crippen molar-refractivity contribution in [1.29, 1.82) is 0 Å². The van der Waals surface area contributed by atoms with Crippen LogP contribution in [0.5, 0.6) is 0 Å². The molecule has 0 saturated carbocycles. The van der Waals surface area contributed by atoms with E-state index in [0.29, 0.717) is 21.8 Å². The maximum Gasteiger partial charge on any atom is 0.272 e. The van der Waals surface area contributed by atoms with E-state index in [1.165, 1.54) is 36.0 Å². The number of carbonyl (C=O) groups is 3. The van der Waals surface area contributed by atoms with Crippen molar-refractivity contribution < 1.29 is 18.8 Å². The number of nitrogens with one attached hydrogen (secondary N) is 3. The second-order valence-electron chi connectivity index (χ2n) is 9.90. The summed E-state index contributed by atoms with van der Waals surface area (Å²) in [7, 11) is 0. The average Bonchev–Trinajstić information content (AvgIpc) is 3.06. The molecule has 46 heavy (non-hydrogen) atoms. The Hall–Kier alpha value is -4.70. The highest BCUT2D eigenvalue weighted by atomic mass is 79.9. The largest absolute Gasteiger partial charge is 0.325 e. The Morgan fingerprint density at radius 2 is 1.43 bits per heavy atom. The minimum atomic E-state index is -0.696. The maximum absolute atomic E-state index is 14.7. The summed E-state index contributed by atoms with van der Waals surface area (Å²) in [6, 6.07) is 36.1. The number of rotatable bonds is 10. The summed E-state index contributed by atoms with van der Waals surface area (Å²) in [4.78, 5) is 40.8. The van der Waals surface area contributed by atoms with Crippen LogP contribution in [0, 0.1) is 5.82 Å². The van der Waals surface area contributed by atoms with Gasteiger partial charge in [-0.1, -0.05) is 88.2 Å². The molecule has 0 bridgehead atoms. The minimum absolute atomic E-state index is 0.0468. The van der Waals surface area contributed by atoms with Gasteiger partial charge >= 0.3 is 0 Å². The Morgan fingerprint density at radius 3 is 2.13 bits per heavy atom. The molecule has 5 aromatic carbocycles. The van der Waals surface area contributed by atoms with Crippen molar-refractivity contribution >= 4 is 74.5 Å². The van der Waals surface area contributed by atoms with Gasteiger partial charge in [0.15, 0.2) is 0 Å². The number of amides is 3. The van der Waals surface area contributed by atoms with Gasteiger partial charge in [0.25, 0.3) is 11.8 Å². The molecule has 0 radical (unpaired) electrons. The Bertz CT molecular complexity index is 1870. The zero-order chi connectivity index (χ0) is 32.5. The predicted octanol–water partition coefficient (Wildman–Crippen LogP) is 9.12. The topological polar surface area (TPSA) is 87.3 Å². The van der Waals surface area contributed by atoms with E-state index < -0.39 is 22.9 Å². The quantitative estimate of drug-likeness (QED) is 0.0995. The van der Waals surface area contributed by atoms with E-state index in [1.54, 1.807) is 60.7 Å². The van der Waals surface area contributed by atoms with E-state index in [2.05, 4.69) is 31.9 Å². The minimum Gasteiger partial charge on any atom is -0.325 e. The number of benzene rings is 5. The van der Waals surface area contributed by atoms with Gasteiger partial charge in [0.05, 0.1) is 5.02 Å². The first-order valence-electron chi connectivity index (χ1n) is 14.0. The molecule has 0 spiro atoms. The molecule has 3 amide bonds. The lowest BCUT2D eigenvalue weighted by Crippen LogP contribution is -2.30. The Morgan fingerprint density at radius 1 is 0.761 bits per heavy atom. The van der Waals surface area contributed by atoms with Crippen LogP contribution >= 0.6 is 39.3 Å². The van der Waals surface area contributed by atoms with Gasteiger partial charge in [-0.15, -0.1) is 11.8 Å². The van der Waals surface area contributed by atoms with Crippen LogP contribution in [0.4, 0.5) is 15.8 Å². The summed E-state index contributed by atoms with van der Waals surface area (Å²) in [5.74, 6) is -2.12. The third kappa shape index (κ3) is 8.72. The first-order chi connectivity index (χ1) is 22.3. The predicted molar refractivity (Wildman–Crippen MR) is 186 cm³/mol. The fourth-order valence-electron chi connectivity index (χ4n) is 4.36. The molecule has 0 aromatic heterocycles. The normalized spacial score (nSPS) is 11.8. The third-order valence-electron chi connectivity index (χ3n) is 6.62. The molecule has 3 N–H and O–H groups in total. The highest BCUT2D eigenvalue weighted by Crippen LogP contribution is 2.37. The van der Waals surface area contributed by atoms with Crippen LogP contribution in [0.15, 0.2) is 142 Å². The highest BCUT2D eigenvalue weighted by Gasteiger charge is 2.23. The Labute approximate surface area is 283 Å². The van der Waals surface area contributed by atoms with E-state index >= 15 is 0 Å². The van der Waals surface area contributed by atoms with Crippen molar-refractivity contribution in [2.24, 2.45) is 0 Å². The van der Waals surface area contributed by atoms with Gasteiger partial charge in [0.2, 0.25) is 5.91 Å². The summed E-state index contributed by atoms with van der Waals surface area (Å²) in [6.07, 6.45) is 1.20. The van der Waals surface area contributed by atoms with Crippen LogP contribution in [-0.2, 0) is 9.59 Å². The average molecular weight is 715 g/mol. The fourth-order valence-corrected chi connectivity index (χ4v) is 5.92. The fraction of sp³-hybridized carbons (Fsp3) is 0.0278. The summed E-state index contributed by atoms with van der Waals surface area (Å²) < 4.78 is 15.6. The molecule has 0 heterocycles. The van der Waals surface area contributed by atoms with Crippen LogP contribution in [0.3, 0.4) is 0 Å². The smallest absolute Gasteiger partial charge is 0.272 e. The maximum atomic E-state index is 14.7. The summed E-state index contributed by atoms with van der Waals surface area (Å²) in [5.41, 5.74) is 1.90. The standard InChI is InChI=1S/C36H26BrClFN3O3S/c37-25-17-19-26(20-18-25)40-36(45)33(23-9-3-1-4-10-23)46-28-14-7-13-27(21-28)41-35(44)32(22-29-30(38)15-8-16-31(29)39)42-34(43)24-11-5-2-6-12-24/h1-22,33H,(H,40,45)(H,41,44)(H,42,43)/b32-22+. The molecular formula is C36H26BrClFN3O3S. The number of anilines is 2. The number of carbonyl (C=O) groups excluding carboxylic acids is 3. The van der Waals surface area contributed by atoms with Gasteiger partial charge in [-0.05, 0) is 78.4 Å². The SMILES string of the molecule is O=C(Nc1cccc(SC(C(=O)Nc2ccc(Br)cc2)c2ccccc2)c1)/C(=C\c1c(F)cccc1Cl)NC(=O)c1ccccc1. The van der Waals surface area contributed by atoms with Gasteiger partial charge in [0, 0.05) is 31.9 Å². The van der Waals surface area contributed by atoms with Crippen LogP contribution in [-0.4, -0.2) is 17.7 Å². The Balaban J connectivity index is 1.39. The number of hydrogen-bond acceptors (Lipinski definition) is 4. The van der Waals surface area contributed by atoms with Crippen molar-refractivity contribution in [3.8, 4) is 0 Å². The third-order valence-corrected chi connectivity index (χ3v) is 8.72. The molecule has 230 valence electrons. The van der Waals surface area contributed by atoms with E-state index in [9.17, 15) is 18.8 Å². The van der Waals surface area contributed by atoms with Crippen LogP contribution in [0.25, 0.3) is 6.08 Å². The van der Waals surface area contributed by atoms with Gasteiger partial charge in [-0.2, -0.15) is 0 Å². The van der Waals surface area contributed by atoms with Crippen LogP contribution in [0.1, 0.15) is 26.7 Å². The van der Waals surface area contributed by atoms with Crippen molar-refractivity contribution in [3.05, 3.63) is 165 Å². The number of halogens is 3. The van der Waals surface area contributed by atoms with Crippen molar-refractivity contribution in [2.45, 2.75) is 10.1 Å². The second kappa shape index (κ2) is 15.5. The summed E-state index contributed by atoms with van der Waals surface area (Å²) in [5, 5.41) is 7.81. The highest BCUT2D eigenvalue weighted by molar-refractivity contribution is 9.10. The molecular weight excluding hydrogens is 689 g/mol. The molecule has 0 aliphatic rings. The zero-order valence-corrected chi connectivity index (χ0v) is 27.2. The number of hydrogen-bond donors (Lipinski definition) is 3. The van der Waals surface area contributed by atoms with Gasteiger partial charge in [-0.25, -0.2) is 4.39 Å². The first kappa shape index (κ1) is 32.7. The lowest BCUT2D eigenvalue weighted by Gasteiger charge is -2.18. The van der Waals surface area contributed by atoms with E-state index in [0.717, 1.165) is 10.0 Å². The van der Waals surface area contributed by atoms with E-state index in [-0.39, 0.29) is 22.2 Å². The molecule has 0 aliphatic carbocycles. The second-order valence-corrected chi connectivity index (χ2v) is 12.4. The molecule has 0 fully saturated rings. The molecule has 6 nitrogen and oxygen atoms in total. The first-order valence-corrected chi connectivity index (χ1v) is 16.0. The van der Waals surface area contributed by atoms with Gasteiger partial charge < -0.3 is 16.0 Å². The lowest BCUT2D eigenvalue weighted by atomic mass is 10.1. The molecule has 1 atom stereocenters. The lowest BCUT2D eigenvalue weighted by molar-refractivity contribution is -0.116.